The predicted molar refractivity (Wildman–Crippen MR) is 74.5 cm³/mol. The summed E-state index contributed by atoms with van der Waals surface area (Å²) < 4.78 is 12.7. The third-order valence-electron chi connectivity index (χ3n) is 3.61. The van der Waals surface area contributed by atoms with E-state index in [0.717, 1.165) is 18.4 Å². The molecule has 2 rings (SSSR count). The minimum atomic E-state index is -0.0410. The Balaban J connectivity index is 2.31. The van der Waals surface area contributed by atoms with E-state index in [0.29, 0.717) is 19.1 Å². The molecule has 4 heteroatoms. The van der Waals surface area contributed by atoms with Gasteiger partial charge in [0.1, 0.15) is 6.10 Å². The van der Waals surface area contributed by atoms with Crippen molar-refractivity contribution in [2.75, 3.05) is 20.3 Å². The lowest BCUT2D eigenvalue weighted by molar-refractivity contribution is -0.0610. The van der Waals surface area contributed by atoms with Gasteiger partial charge in [-0.15, -0.1) is 0 Å². The maximum atomic E-state index is 12.5. The van der Waals surface area contributed by atoms with Crippen LogP contribution in [0, 0.1) is 5.92 Å². The summed E-state index contributed by atoms with van der Waals surface area (Å²) in [6.45, 7) is 5.50. The molecule has 1 aromatic rings. The van der Waals surface area contributed by atoms with Crippen molar-refractivity contribution in [3.05, 3.63) is 34.2 Å². The van der Waals surface area contributed by atoms with Crippen molar-refractivity contribution < 1.29 is 9.47 Å². The van der Waals surface area contributed by atoms with Gasteiger partial charge in [0.25, 0.3) is 5.56 Å². The van der Waals surface area contributed by atoms with Crippen LogP contribution >= 0.6 is 0 Å². The Morgan fingerprint density at radius 1 is 1.53 bits per heavy atom. The van der Waals surface area contributed by atoms with Crippen LogP contribution in [0.5, 0.6) is 0 Å². The van der Waals surface area contributed by atoms with Crippen LogP contribution in [0.2, 0.25) is 0 Å². The number of hydrogen-bond acceptors (Lipinski definition) is 3. The second-order valence-corrected chi connectivity index (χ2v) is 5.55. The number of aromatic nitrogens is 1. The lowest BCUT2D eigenvalue weighted by Crippen LogP contribution is -2.40. The Bertz CT molecular complexity index is 467. The first-order valence-corrected chi connectivity index (χ1v) is 6.94. The van der Waals surface area contributed by atoms with E-state index < -0.39 is 0 Å². The summed E-state index contributed by atoms with van der Waals surface area (Å²) in [4.78, 5) is 12.5. The van der Waals surface area contributed by atoms with Crippen molar-refractivity contribution in [2.24, 2.45) is 5.92 Å². The first-order chi connectivity index (χ1) is 9.13. The summed E-state index contributed by atoms with van der Waals surface area (Å²) in [5, 5.41) is 0. The van der Waals surface area contributed by atoms with E-state index in [4.69, 9.17) is 9.47 Å². The molecule has 0 unspecified atom stereocenters. The van der Waals surface area contributed by atoms with E-state index in [1.807, 2.05) is 22.9 Å². The fourth-order valence-electron chi connectivity index (χ4n) is 2.66. The molecule has 0 saturated carbocycles. The van der Waals surface area contributed by atoms with Crippen molar-refractivity contribution >= 4 is 0 Å². The molecule has 0 aliphatic carbocycles. The molecule has 0 bridgehead atoms. The van der Waals surface area contributed by atoms with Gasteiger partial charge in [0.15, 0.2) is 0 Å². The van der Waals surface area contributed by atoms with Crippen molar-refractivity contribution in [1.29, 1.82) is 0 Å². The van der Waals surface area contributed by atoms with Gasteiger partial charge in [-0.25, -0.2) is 0 Å². The molecule has 0 radical (unpaired) electrons. The van der Waals surface area contributed by atoms with Gasteiger partial charge >= 0.3 is 0 Å². The summed E-state index contributed by atoms with van der Waals surface area (Å²) in [6, 6.07) is 3.97. The molecule has 1 aliphatic rings. The van der Waals surface area contributed by atoms with Crippen molar-refractivity contribution in [3.8, 4) is 0 Å². The maximum Gasteiger partial charge on any atom is 0.254 e. The molecule has 0 spiro atoms. The topological polar surface area (TPSA) is 40.5 Å². The summed E-state index contributed by atoms with van der Waals surface area (Å²) in [7, 11) is 1.68. The summed E-state index contributed by atoms with van der Waals surface area (Å²) >= 11 is 0. The van der Waals surface area contributed by atoms with Crippen LogP contribution in [0.25, 0.3) is 0 Å². The van der Waals surface area contributed by atoms with E-state index >= 15 is 0 Å². The fourth-order valence-corrected chi connectivity index (χ4v) is 2.66. The third-order valence-corrected chi connectivity index (χ3v) is 3.61. The van der Waals surface area contributed by atoms with Gasteiger partial charge in [-0.1, -0.05) is 19.9 Å². The molecule has 1 fully saturated rings. The molecule has 0 N–H and O–H groups in total. The highest BCUT2D eigenvalue weighted by Crippen LogP contribution is 2.22. The van der Waals surface area contributed by atoms with E-state index in [2.05, 4.69) is 13.8 Å². The molecule has 1 aliphatic heterocycles. The van der Waals surface area contributed by atoms with Gasteiger partial charge in [-0.05, 0) is 24.8 Å². The molecule has 2 heterocycles. The van der Waals surface area contributed by atoms with Crippen molar-refractivity contribution in [3.63, 3.8) is 0 Å². The third kappa shape index (κ3) is 3.25. The average molecular weight is 265 g/mol. The van der Waals surface area contributed by atoms with Crippen LogP contribution in [0.1, 0.15) is 31.9 Å². The van der Waals surface area contributed by atoms with Gasteiger partial charge < -0.3 is 14.0 Å². The van der Waals surface area contributed by atoms with Crippen LogP contribution < -0.4 is 5.56 Å². The Labute approximate surface area is 114 Å². The Kier molecular flexibility index (Phi) is 4.77. The Hall–Kier alpha value is -1.13. The Morgan fingerprint density at radius 2 is 2.32 bits per heavy atom. The molecule has 0 amide bonds. The molecule has 19 heavy (non-hydrogen) atoms. The number of pyridine rings is 1. The normalized spacial score (nSPS) is 23.8. The van der Waals surface area contributed by atoms with E-state index in [1.165, 1.54) is 0 Å². The van der Waals surface area contributed by atoms with Gasteiger partial charge in [0.2, 0.25) is 0 Å². The summed E-state index contributed by atoms with van der Waals surface area (Å²) in [5.74, 6) is 0.483. The SMILES string of the molecule is CO[C@H]1COCC[C@H]1n1cccc(CC(C)C)c1=O. The van der Waals surface area contributed by atoms with E-state index in [9.17, 15) is 4.79 Å². The highest BCUT2D eigenvalue weighted by molar-refractivity contribution is 5.12. The lowest BCUT2D eigenvalue weighted by atomic mass is 10.0. The standard InChI is InChI=1S/C15H23NO3/c1-11(2)9-12-5-4-7-16(15(12)17)13-6-8-19-10-14(13)18-3/h4-5,7,11,13-14H,6,8-10H2,1-3H3/t13-,14+/m1/s1. The Morgan fingerprint density at radius 3 is 3.00 bits per heavy atom. The van der Waals surface area contributed by atoms with Crippen molar-refractivity contribution in [2.45, 2.75) is 38.8 Å². The number of hydrogen-bond donors (Lipinski definition) is 0. The zero-order valence-electron chi connectivity index (χ0n) is 12.0. The minimum absolute atomic E-state index is 0.0410. The summed E-state index contributed by atoms with van der Waals surface area (Å²) in [5.41, 5.74) is 1.00. The van der Waals surface area contributed by atoms with Crippen LogP contribution in [-0.2, 0) is 15.9 Å². The molecule has 4 nitrogen and oxygen atoms in total. The number of ether oxygens (including phenoxy) is 2. The molecule has 1 saturated heterocycles. The van der Waals surface area contributed by atoms with Crippen LogP contribution in [0.15, 0.2) is 23.1 Å². The van der Waals surface area contributed by atoms with Crippen molar-refractivity contribution in [1.82, 2.24) is 4.57 Å². The van der Waals surface area contributed by atoms with Crippen LogP contribution in [0.4, 0.5) is 0 Å². The zero-order valence-corrected chi connectivity index (χ0v) is 12.0. The first-order valence-electron chi connectivity index (χ1n) is 6.94. The first kappa shape index (κ1) is 14.3. The summed E-state index contributed by atoms with van der Waals surface area (Å²) in [6.07, 6.45) is 3.47. The quantitative estimate of drug-likeness (QED) is 0.836. The number of methoxy groups -OCH3 is 1. The second-order valence-electron chi connectivity index (χ2n) is 5.55. The maximum absolute atomic E-state index is 12.5. The smallest absolute Gasteiger partial charge is 0.254 e. The monoisotopic (exact) mass is 265 g/mol. The van der Waals surface area contributed by atoms with Gasteiger partial charge in [-0.2, -0.15) is 0 Å². The fraction of sp³-hybridized carbons (Fsp3) is 0.667. The predicted octanol–water partition coefficient (Wildman–Crippen LogP) is 2.02. The largest absolute Gasteiger partial charge is 0.379 e. The molecule has 1 aromatic heterocycles. The van der Waals surface area contributed by atoms with E-state index in [-0.39, 0.29) is 17.7 Å². The molecular weight excluding hydrogens is 242 g/mol. The lowest BCUT2D eigenvalue weighted by Gasteiger charge is -2.32. The van der Waals surface area contributed by atoms with E-state index in [1.54, 1.807) is 7.11 Å². The molecular formula is C15H23NO3. The van der Waals surface area contributed by atoms with Gasteiger partial charge in [0.05, 0.1) is 12.6 Å². The van der Waals surface area contributed by atoms with Gasteiger partial charge in [0, 0.05) is 25.5 Å². The number of rotatable bonds is 4. The number of nitrogens with zero attached hydrogens (tertiary/aromatic N) is 1. The molecule has 106 valence electrons. The highest BCUT2D eigenvalue weighted by atomic mass is 16.5. The zero-order chi connectivity index (χ0) is 13.8. The second kappa shape index (κ2) is 6.35. The highest BCUT2D eigenvalue weighted by Gasteiger charge is 2.28. The minimum Gasteiger partial charge on any atom is -0.379 e. The average Bonchev–Trinajstić information content (AvgIpc) is 2.41. The van der Waals surface area contributed by atoms with Gasteiger partial charge in [-0.3, -0.25) is 4.79 Å². The molecule has 2 atom stereocenters. The van der Waals surface area contributed by atoms with Crippen LogP contribution in [-0.4, -0.2) is 31.0 Å². The molecule has 0 aromatic carbocycles. The van der Waals surface area contributed by atoms with Crippen LogP contribution in [0.3, 0.4) is 0 Å².